The van der Waals surface area contributed by atoms with Crippen molar-refractivity contribution in [3.8, 4) is 0 Å². The van der Waals surface area contributed by atoms with E-state index in [9.17, 15) is 18.5 Å². The number of nitrogens with two attached hydrogens (primary N) is 1. The molecule has 122 valence electrons. The van der Waals surface area contributed by atoms with Crippen molar-refractivity contribution in [2.24, 2.45) is 11.7 Å². The lowest BCUT2D eigenvalue weighted by Gasteiger charge is -2.22. The molecule has 1 unspecified atom stereocenters. The van der Waals surface area contributed by atoms with Gasteiger partial charge in [-0.3, -0.25) is 10.1 Å². The molecular formula is C13H18BrN3O4S. The number of sulfonamides is 1. The average molecular weight is 392 g/mol. The largest absolute Gasteiger partial charge is 0.329 e. The van der Waals surface area contributed by atoms with E-state index in [-0.39, 0.29) is 17.4 Å². The van der Waals surface area contributed by atoms with Crippen LogP contribution in [0.2, 0.25) is 0 Å². The highest BCUT2D eigenvalue weighted by Gasteiger charge is 2.32. The van der Waals surface area contributed by atoms with Crippen LogP contribution in [0, 0.1) is 16.0 Å². The summed E-state index contributed by atoms with van der Waals surface area (Å²) in [7, 11) is -3.99. The zero-order chi connectivity index (χ0) is 16.3. The van der Waals surface area contributed by atoms with Crippen LogP contribution in [0.4, 0.5) is 5.69 Å². The van der Waals surface area contributed by atoms with Crippen molar-refractivity contribution in [2.75, 3.05) is 6.54 Å². The molecule has 2 rings (SSSR count). The first-order valence-electron chi connectivity index (χ1n) is 7.01. The Labute approximate surface area is 137 Å². The molecule has 1 fully saturated rings. The van der Waals surface area contributed by atoms with Crippen LogP contribution >= 0.6 is 15.9 Å². The third-order valence-electron chi connectivity index (χ3n) is 3.94. The van der Waals surface area contributed by atoms with Gasteiger partial charge < -0.3 is 5.73 Å². The highest BCUT2D eigenvalue weighted by molar-refractivity contribution is 9.10. The third-order valence-corrected chi connectivity index (χ3v) is 5.97. The second-order valence-corrected chi connectivity index (χ2v) is 7.98. The number of hydrogen-bond acceptors (Lipinski definition) is 5. The molecule has 0 spiro atoms. The Bertz CT molecular complexity index is 659. The molecule has 3 N–H and O–H groups in total. The van der Waals surface area contributed by atoms with Gasteiger partial charge in [0.05, 0.1) is 4.92 Å². The fraction of sp³-hybridized carbons (Fsp3) is 0.538. The molecule has 0 amide bonds. The maximum absolute atomic E-state index is 12.5. The molecule has 1 aromatic carbocycles. The molecule has 0 saturated heterocycles. The monoisotopic (exact) mass is 391 g/mol. The molecule has 9 heteroatoms. The van der Waals surface area contributed by atoms with Gasteiger partial charge in [0, 0.05) is 23.1 Å². The SMILES string of the molecule is NCC(NS(=O)(=O)c1ccc(Br)cc1[N+](=O)[O-])C1CCCC1. The summed E-state index contributed by atoms with van der Waals surface area (Å²) in [6.07, 6.45) is 3.96. The first kappa shape index (κ1) is 17.3. The summed E-state index contributed by atoms with van der Waals surface area (Å²) in [6.45, 7) is 0.175. The van der Waals surface area contributed by atoms with E-state index >= 15 is 0 Å². The molecule has 0 radical (unpaired) electrons. The molecule has 0 aliphatic heterocycles. The van der Waals surface area contributed by atoms with Crippen LogP contribution in [0.15, 0.2) is 27.6 Å². The number of nitrogens with zero attached hydrogens (tertiary/aromatic N) is 1. The number of nitrogens with one attached hydrogen (secondary N) is 1. The first-order chi connectivity index (χ1) is 10.3. The van der Waals surface area contributed by atoms with Crippen molar-refractivity contribution >= 4 is 31.6 Å². The second-order valence-electron chi connectivity index (χ2n) is 5.38. The van der Waals surface area contributed by atoms with E-state index in [2.05, 4.69) is 20.7 Å². The predicted octanol–water partition coefficient (Wildman–Crippen LogP) is 2.15. The smallest absolute Gasteiger partial charge is 0.290 e. The normalized spacial score (nSPS) is 17.5. The number of rotatable bonds is 6. The van der Waals surface area contributed by atoms with Crippen molar-refractivity contribution in [3.05, 3.63) is 32.8 Å². The van der Waals surface area contributed by atoms with E-state index in [1.165, 1.54) is 18.2 Å². The molecule has 0 heterocycles. The van der Waals surface area contributed by atoms with Gasteiger partial charge >= 0.3 is 0 Å². The summed E-state index contributed by atoms with van der Waals surface area (Å²) in [5.41, 5.74) is 5.24. The Balaban J connectivity index is 2.31. The molecule has 1 atom stereocenters. The lowest BCUT2D eigenvalue weighted by Crippen LogP contribution is -2.44. The molecule has 1 aliphatic carbocycles. The van der Waals surface area contributed by atoms with Crippen LogP contribution in [0.5, 0.6) is 0 Å². The Morgan fingerprint density at radius 3 is 2.59 bits per heavy atom. The van der Waals surface area contributed by atoms with Gasteiger partial charge in [-0.2, -0.15) is 0 Å². The van der Waals surface area contributed by atoms with E-state index in [4.69, 9.17) is 5.73 Å². The number of halogens is 1. The third kappa shape index (κ3) is 3.83. The van der Waals surface area contributed by atoms with Crippen molar-refractivity contribution in [1.82, 2.24) is 4.72 Å². The van der Waals surface area contributed by atoms with Crippen LogP contribution in [-0.2, 0) is 10.0 Å². The van der Waals surface area contributed by atoms with Gasteiger partial charge in [-0.25, -0.2) is 13.1 Å². The molecule has 7 nitrogen and oxygen atoms in total. The highest BCUT2D eigenvalue weighted by atomic mass is 79.9. The summed E-state index contributed by atoms with van der Waals surface area (Å²) >= 11 is 3.11. The molecule has 1 saturated carbocycles. The maximum atomic E-state index is 12.5. The van der Waals surface area contributed by atoms with Gasteiger partial charge in [0.25, 0.3) is 5.69 Å². The zero-order valence-electron chi connectivity index (χ0n) is 11.9. The fourth-order valence-electron chi connectivity index (χ4n) is 2.82. The van der Waals surface area contributed by atoms with E-state index in [0.29, 0.717) is 4.47 Å². The lowest BCUT2D eigenvalue weighted by atomic mass is 9.99. The maximum Gasteiger partial charge on any atom is 0.290 e. The summed E-state index contributed by atoms with van der Waals surface area (Å²) in [4.78, 5) is 10.1. The minimum atomic E-state index is -3.99. The molecule has 1 aliphatic rings. The number of hydrogen-bond donors (Lipinski definition) is 2. The van der Waals surface area contributed by atoms with Crippen molar-refractivity contribution in [2.45, 2.75) is 36.6 Å². The Kier molecular flexibility index (Phi) is 5.54. The lowest BCUT2D eigenvalue weighted by molar-refractivity contribution is -0.387. The summed E-state index contributed by atoms with van der Waals surface area (Å²) in [5.74, 6) is 0.189. The van der Waals surface area contributed by atoms with Gasteiger partial charge in [-0.15, -0.1) is 0 Å². The first-order valence-corrected chi connectivity index (χ1v) is 9.29. The minimum absolute atomic E-state index is 0.175. The Hall–Kier alpha value is -1.03. The van der Waals surface area contributed by atoms with Gasteiger partial charge in [-0.05, 0) is 30.9 Å². The quantitative estimate of drug-likeness (QED) is 0.569. The van der Waals surface area contributed by atoms with Crippen LogP contribution in [0.3, 0.4) is 0 Å². The molecular weight excluding hydrogens is 374 g/mol. The van der Waals surface area contributed by atoms with E-state index in [1.54, 1.807) is 0 Å². The Morgan fingerprint density at radius 2 is 2.05 bits per heavy atom. The minimum Gasteiger partial charge on any atom is -0.329 e. The summed E-state index contributed by atoms with van der Waals surface area (Å²) < 4.78 is 28.0. The zero-order valence-corrected chi connectivity index (χ0v) is 14.3. The van der Waals surface area contributed by atoms with Crippen molar-refractivity contribution in [3.63, 3.8) is 0 Å². The molecule has 1 aromatic rings. The van der Waals surface area contributed by atoms with E-state index < -0.39 is 26.7 Å². The summed E-state index contributed by atoms with van der Waals surface area (Å²) in [6, 6.07) is 3.49. The van der Waals surface area contributed by atoms with E-state index in [1.807, 2.05) is 0 Å². The summed E-state index contributed by atoms with van der Waals surface area (Å²) in [5, 5.41) is 11.1. The number of nitro groups is 1. The van der Waals surface area contributed by atoms with Gasteiger partial charge in [0.2, 0.25) is 10.0 Å². The number of benzene rings is 1. The Morgan fingerprint density at radius 1 is 1.41 bits per heavy atom. The molecule has 0 aromatic heterocycles. The predicted molar refractivity (Wildman–Crippen MR) is 85.9 cm³/mol. The highest BCUT2D eigenvalue weighted by Crippen LogP contribution is 2.30. The van der Waals surface area contributed by atoms with E-state index in [0.717, 1.165) is 25.7 Å². The van der Waals surface area contributed by atoms with Crippen LogP contribution in [0.1, 0.15) is 25.7 Å². The van der Waals surface area contributed by atoms with Gasteiger partial charge in [0.15, 0.2) is 4.90 Å². The average Bonchev–Trinajstić information content (AvgIpc) is 2.98. The molecule has 22 heavy (non-hydrogen) atoms. The van der Waals surface area contributed by atoms with Crippen LogP contribution in [0.25, 0.3) is 0 Å². The second kappa shape index (κ2) is 7.03. The topological polar surface area (TPSA) is 115 Å². The van der Waals surface area contributed by atoms with Crippen molar-refractivity contribution in [1.29, 1.82) is 0 Å². The van der Waals surface area contributed by atoms with Gasteiger partial charge in [-0.1, -0.05) is 28.8 Å². The van der Waals surface area contributed by atoms with Crippen molar-refractivity contribution < 1.29 is 13.3 Å². The fourth-order valence-corrected chi connectivity index (χ4v) is 4.64. The standard InChI is InChI=1S/C13H18BrN3O4S/c14-10-5-6-13(12(7-10)17(18)19)22(20,21)16-11(8-15)9-3-1-2-4-9/h5-7,9,11,16H,1-4,8,15H2. The number of nitro benzene ring substituents is 1. The van der Waals surface area contributed by atoms with Crippen LogP contribution in [-0.4, -0.2) is 25.9 Å². The van der Waals surface area contributed by atoms with Gasteiger partial charge in [0.1, 0.15) is 0 Å². The molecule has 0 bridgehead atoms. The van der Waals surface area contributed by atoms with Crippen LogP contribution < -0.4 is 10.5 Å².